The molecule has 25 heavy (non-hydrogen) atoms. The summed E-state index contributed by atoms with van der Waals surface area (Å²) in [5.41, 5.74) is 2.15. The number of aromatic nitrogens is 4. The van der Waals surface area contributed by atoms with Crippen LogP contribution in [0.3, 0.4) is 0 Å². The zero-order valence-electron chi connectivity index (χ0n) is 14.9. The average molecular weight is 344 g/mol. The Morgan fingerprint density at radius 1 is 1.32 bits per heavy atom. The van der Waals surface area contributed by atoms with Gasteiger partial charge in [0, 0.05) is 51.7 Å². The van der Waals surface area contributed by atoms with Gasteiger partial charge in [0.2, 0.25) is 11.9 Å². The Balaban J connectivity index is 1.70. The van der Waals surface area contributed by atoms with Gasteiger partial charge in [0.15, 0.2) is 0 Å². The second kappa shape index (κ2) is 7.60. The first-order valence-corrected chi connectivity index (χ1v) is 8.35. The number of amides is 1. The van der Waals surface area contributed by atoms with Gasteiger partial charge in [-0.25, -0.2) is 9.97 Å². The molecule has 0 aliphatic carbocycles. The third-order valence-corrected chi connectivity index (χ3v) is 4.20. The minimum atomic E-state index is -0.0351. The van der Waals surface area contributed by atoms with Crippen LogP contribution in [0.25, 0.3) is 0 Å². The van der Waals surface area contributed by atoms with Gasteiger partial charge in [-0.05, 0) is 18.6 Å². The fourth-order valence-electron chi connectivity index (χ4n) is 2.78. The van der Waals surface area contributed by atoms with Gasteiger partial charge < -0.3 is 14.5 Å². The van der Waals surface area contributed by atoms with Gasteiger partial charge in [-0.3, -0.25) is 9.48 Å². The molecule has 3 rings (SSSR count). The standard InChI is InChI=1S/C17H24N6O2/c1-13-6-18-17(19-7-13)22-8-14(11-25-12-16(24)21(2)3)9-23-15(10-22)4-5-20-23/h4-7,14H,8-12H2,1-3H3. The first kappa shape index (κ1) is 17.3. The van der Waals surface area contributed by atoms with Crippen molar-refractivity contribution in [2.75, 3.05) is 38.8 Å². The number of carbonyl (C=O) groups is 1. The third-order valence-electron chi connectivity index (χ3n) is 4.20. The molecule has 0 aromatic carbocycles. The second-order valence-electron chi connectivity index (χ2n) is 6.61. The van der Waals surface area contributed by atoms with E-state index in [4.69, 9.17) is 4.74 Å². The molecule has 1 atom stereocenters. The van der Waals surface area contributed by atoms with Crippen LogP contribution in [0, 0.1) is 12.8 Å². The van der Waals surface area contributed by atoms with E-state index in [2.05, 4.69) is 20.0 Å². The summed E-state index contributed by atoms with van der Waals surface area (Å²) in [5, 5.41) is 4.40. The third kappa shape index (κ3) is 4.33. The Morgan fingerprint density at radius 2 is 2.08 bits per heavy atom. The number of nitrogens with zero attached hydrogens (tertiary/aromatic N) is 6. The number of likely N-dealkylation sites (N-methyl/N-ethyl adjacent to an activating group) is 1. The molecule has 0 radical (unpaired) electrons. The minimum absolute atomic E-state index is 0.0351. The number of rotatable bonds is 5. The van der Waals surface area contributed by atoms with Crippen molar-refractivity contribution >= 4 is 11.9 Å². The lowest BCUT2D eigenvalue weighted by molar-refractivity contribution is -0.134. The van der Waals surface area contributed by atoms with E-state index in [0.717, 1.165) is 24.3 Å². The predicted octanol–water partition coefficient (Wildman–Crippen LogP) is 0.723. The Hall–Kier alpha value is -2.48. The van der Waals surface area contributed by atoms with Gasteiger partial charge in [0.25, 0.3) is 0 Å². The Labute approximate surface area is 147 Å². The molecule has 2 aromatic heterocycles. The molecule has 1 aliphatic rings. The van der Waals surface area contributed by atoms with E-state index in [1.807, 2.05) is 36.3 Å². The summed E-state index contributed by atoms with van der Waals surface area (Å²) in [6.45, 7) is 4.76. The van der Waals surface area contributed by atoms with Crippen LogP contribution in [0.1, 0.15) is 11.3 Å². The summed E-state index contributed by atoms with van der Waals surface area (Å²) in [4.78, 5) is 24.3. The zero-order chi connectivity index (χ0) is 17.8. The largest absolute Gasteiger partial charge is 0.371 e. The maximum Gasteiger partial charge on any atom is 0.248 e. The minimum Gasteiger partial charge on any atom is -0.371 e. The summed E-state index contributed by atoms with van der Waals surface area (Å²) in [6.07, 6.45) is 5.46. The quantitative estimate of drug-likeness (QED) is 0.796. The highest BCUT2D eigenvalue weighted by molar-refractivity contribution is 5.76. The normalized spacial score (nSPS) is 17.1. The molecule has 1 unspecified atom stereocenters. The van der Waals surface area contributed by atoms with Crippen LogP contribution >= 0.6 is 0 Å². The van der Waals surface area contributed by atoms with Gasteiger partial charge in [-0.2, -0.15) is 5.10 Å². The summed E-state index contributed by atoms with van der Waals surface area (Å²) >= 11 is 0. The molecule has 3 heterocycles. The Kier molecular flexibility index (Phi) is 5.28. The van der Waals surface area contributed by atoms with Crippen molar-refractivity contribution in [3.63, 3.8) is 0 Å². The second-order valence-corrected chi connectivity index (χ2v) is 6.61. The molecule has 0 saturated carbocycles. The Bertz CT molecular complexity index is 712. The average Bonchev–Trinajstić information content (AvgIpc) is 2.94. The van der Waals surface area contributed by atoms with E-state index in [9.17, 15) is 4.79 Å². The number of aryl methyl sites for hydroxylation is 1. The smallest absolute Gasteiger partial charge is 0.248 e. The molecule has 0 saturated heterocycles. The number of anilines is 1. The molecule has 134 valence electrons. The van der Waals surface area contributed by atoms with Crippen LogP contribution in [0.2, 0.25) is 0 Å². The molecular weight excluding hydrogens is 320 g/mol. The molecule has 8 nitrogen and oxygen atoms in total. The van der Waals surface area contributed by atoms with Crippen molar-refractivity contribution in [3.8, 4) is 0 Å². The van der Waals surface area contributed by atoms with E-state index < -0.39 is 0 Å². The topological polar surface area (TPSA) is 76.4 Å². The van der Waals surface area contributed by atoms with Crippen molar-refractivity contribution in [2.24, 2.45) is 5.92 Å². The molecule has 1 amide bonds. The maximum absolute atomic E-state index is 11.7. The van der Waals surface area contributed by atoms with Gasteiger partial charge in [0.05, 0.1) is 18.8 Å². The van der Waals surface area contributed by atoms with Gasteiger partial charge in [-0.1, -0.05) is 0 Å². The zero-order valence-corrected chi connectivity index (χ0v) is 14.9. The number of hydrogen-bond donors (Lipinski definition) is 0. The Morgan fingerprint density at radius 3 is 2.80 bits per heavy atom. The SMILES string of the molecule is Cc1cnc(N2Cc3ccnn3CC(COCC(=O)N(C)C)C2)nc1. The van der Waals surface area contributed by atoms with Crippen LogP contribution in [-0.2, 0) is 22.6 Å². The van der Waals surface area contributed by atoms with Gasteiger partial charge in [-0.15, -0.1) is 0 Å². The molecule has 0 bridgehead atoms. The molecule has 0 fully saturated rings. The van der Waals surface area contributed by atoms with Crippen LogP contribution < -0.4 is 4.90 Å². The van der Waals surface area contributed by atoms with Crippen molar-refractivity contribution in [1.82, 2.24) is 24.6 Å². The lowest BCUT2D eigenvalue weighted by Gasteiger charge is -2.24. The first-order valence-electron chi connectivity index (χ1n) is 8.35. The van der Waals surface area contributed by atoms with Crippen LogP contribution in [0.5, 0.6) is 0 Å². The predicted molar refractivity (Wildman–Crippen MR) is 93.0 cm³/mol. The lowest BCUT2D eigenvalue weighted by Crippen LogP contribution is -2.33. The summed E-state index contributed by atoms with van der Waals surface area (Å²) in [6, 6.07) is 2.01. The molecule has 0 spiro atoms. The van der Waals surface area contributed by atoms with Crippen molar-refractivity contribution in [2.45, 2.75) is 20.0 Å². The fourth-order valence-corrected chi connectivity index (χ4v) is 2.78. The number of fused-ring (bicyclic) bond motifs is 1. The van der Waals surface area contributed by atoms with Gasteiger partial charge in [0.1, 0.15) is 6.61 Å². The van der Waals surface area contributed by atoms with E-state index in [1.165, 1.54) is 4.90 Å². The summed E-state index contributed by atoms with van der Waals surface area (Å²) in [5.74, 6) is 0.864. The van der Waals surface area contributed by atoms with E-state index >= 15 is 0 Å². The molecule has 0 N–H and O–H groups in total. The first-order chi connectivity index (χ1) is 12.0. The summed E-state index contributed by atoms with van der Waals surface area (Å²) < 4.78 is 7.64. The van der Waals surface area contributed by atoms with Crippen LogP contribution in [0.15, 0.2) is 24.7 Å². The highest BCUT2D eigenvalue weighted by Gasteiger charge is 2.24. The van der Waals surface area contributed by atoms with E-state index in [0.29, 0.717) is 19.1 Å². The maximum atomic E-state index is 11.7. The highest BCUT2D eigenvalue weighted by Crippen LogP contribution is 2.20. The fraction of sp³-hybridized carbons (Fsp3) is 0.529. The summed E-state index contributed by atoms with van der Waals surface area (Å²) in [7, 11) is 3.45. The van der Waals surface area contributed by atoms with Crippen molar-refractivity contribution in [3.05, 3.63) is 35.9 Å². The molecule has 8 heteroatoms. The van der Waals surface area contributed by atoms with E-state index in [-0.39, 0.29) is 18.4 Å². The van der Waals surface area contributed by atoms with E-state index in [1.54, 1.807) is 14.1 Å². The van der Waals surface area contributed by atoms with Crippen molar-refractivity contribution < 1.29 is 9.53 Å². The molecule has 2 aromatic rings. The monoisotopic (exact) mass is 344 g/mol. The lowest BCUT2D eigenvalue weighted by atomic mass is 10.1. The van der Waals surface area contributed by atoms with Crippen LogP contribution in [-0.4, -0.2) is 64.4 Å². The van der Waals surface area contributed by atoms with Crippen molar-refractivity contribution in [1.29, 1.82) is 0 Å². The number of carbonyl (C=O) groups excluding carboxylic acids is 1. The highest BCUT2D eigenvalue weighted by atomic mass is 16.5. The number of ether oxygens (including phenoxy) is 1. The molecular formula is C17H24N6O2. The van der Waals surface area contributed by atoms with Gasteiger partial charge >= 0.3 is 0 Å². The van der Waals surface area contributed by atoms with Crippen LogP contribution in [0.4, 0.5) is 5.95 Å². The number of hydrogen-bond acceptors (Lipinski definition) is 6. The molecule has 1 aliphatic heterocycles.